The monoisotopic (exact) mass is 225 g/mol. The minimum absolute atomic E-state index is 0.0416. The van der Waals surface area contributed by atoms with Crippen LogP contribution >= 0.6 is 0 Å². The summed E-state index contributed by atoms with van der Waals surface area (Å²) >= 11 is 0. The smallest absolute Gasteiger partial charge is 0.232 e. The van der Waals surface area contributed by atoms with Crippen molar-refractivity contribution in [1.29, 1.82) is 0 Å². The summed E-state index contributed by atoms with van der Waals surface area (Å²) in [6.45, 7) is 9.88. The third-order valence-electron chi connectivity index (χ3n) is 3.31. The largest absolute Gasteiger partial charge is 0.279 e. The highest BCUT2D eigenvalue weighted by Crippen LogP contribution is 2.33. The summed E-state index contributed by atoms with van der Waals surface area (Å²) in [5.74, 6) is 0.852. The number of hydrogen-bond donors (Lipinski definition) is 0. The van der Waals surface area contributed by atoms with Gasteiger partial charge < -0.3 is 0 Å². The predicted octanol–water partition coefficient (Wildman–Crippen LogP) is 2.45. The lowest BCUT2D eigenvalue weighted by Crippen LogP contribution is -2.40. The Bertz CT molecular complexity index is 284. The first kappa shape index (κ1) is 13.2. The highest BCUT2D eigenvalue weighted by Gasteiger charge is 2.42. The summed E-state index contributed by atoms with van der Waals surface area (Å²) in [6.07, 6.45) is 1.74. The fraction of sp³-hybridized carbons (Fsp3) is 0.846. The molecule has 3 heteroatoms. The molecule has 1 rings (SSSR count). The number of rotatable bonds is 3. The Hall–Kier alpha value is -0.860. The van der Waals surface area contributed by atoms with Crippen LogP contribution in [0.5, 0.6) is 0 Å². The molecule has 0 aromatic carbocycles. The Morgan fingerprint density at radius 1 is 1.38 bits per heavy atom. The number of likely N-dealkylation sites (tertiary alicyclic amines) is 1. The first-order valence-corrected chi connectivity index (χ1v) is 6.18. The van der Waals surface area contributed by atoms with E-state index < -0.39 is 0 Å². The van der Waals surface area contributed by atoms with E-state index in [1.807, 2.05) is 0 Å². The molecular formula is C13H23NO2. The molecule has 92 valence electrons. The molecule has 0 N–H and O–H groups in total. The Morgan fingerprint density at radius 2 is 1.94 bits per heavy atom. The lowest BCUT2D eigenvalue weighted by molar-refractivity contribution is -0.144. The average molecular weight is 225 g/mol. The van der Waals surface area contributed by atoms with Crippen molar-refractivity contribution in [3.05, 3.63) is 0 Å². The minimum Gasteiger partial charge on any atom is -0.279 e. The maximum atomic E-state index is 12.1. The van der Waals surface area contributed by atoms with Gasteiger partial charge in [0.2, 0.25) is 11.8 Å². The van der Waals surface area contributed by atoms with Gasteiger partial charge in [0.05, 0.1) is 0 Å². The molecule has 0 bridgehead atoms. The Labute approximate surface area is 98.2 Å². The van der Waals surface area contributed by atoms with Crippen LogP contribution < -0.4 is 0 Å². The van der Waals surface area contributed by atoms with Crippen molar-refractivity contribution < 1.29 is 9.59 Å². The van der Waals surface area contributed by atoms with Crippen LogP contribution in [0.25, 0.3) is 0 Å². The summed E-state index contributed by atoms with van der Waals surface area (Å²) in [5, 5.41) is 0. The van der Waals surface area contributed by atoms with Crippen LogP contribution in [0.1, 0.15) is 47.5 Å². The molecule has 1 saturated heterocycles. The molecule has 0 saturated carbocycles. The minimum atomic E-state index is -0.102. The maximum Gasteiger partial charge on any atom is 0.232 e. The number of carbonyl (C=O) groups excluding carboxylic acids is 2. The second-order valence-corrected chi connectivity index (χ2v) is 5.60. The molecule has 3 nitrogen and oxygen atoms in total. The van der Waals surface area contributed by atoms with Gasteiger partial charge in [-0.2, -0.15) is 0 Å². The van der Waals surface area contributed by atoms with Crippen molar-refractivity contribution >= 4 is 11.8 Å². The molecule has 1 fully saturated rings. The zero-order valence-corrected chi connectivity index (χ0v) is 11.0. The molecule has 0 aromatic rings. The summed E-state index contributed by atoms with van der Waals surface area (Å²) in [6, 6.07) is 0.105. The highest BCUT2D eigenvalue weighted by molar-refractivity contribution is 5.97. The lowest BCUT2D eigenvalue weighted by Gasteiger charge is -2.24. The fourth-order valence-corrected chi connectivity index (χ4v) is 2.58. The van der Waals surface area contributed by atoms with E-state index in [1.165, 1.54) is 11.8 Å². The van der Waals surface area contributed by atoms with Gasteiger partial charge in [0.15, 0.2) is 0 Å². The zero-order valence-electron chi connectivity index (χ0n) is 11.0. The summed E-state index contributed by atoms with van der Waals surface area (Å²) in [7, 11) is 0. The van der Waals surface area contributed by atoms with Gasteiger partial charge in [-0.1, -0.05) is 27.7 Å². The zero-order chi connectivity index (χ0) is 12.5. The van der Waals surface area contributed by atoms with Gasteiger partial charge in [0, 0.05) is 18.9 Å². The molecule has 0 aliphatic carbocycles. The molecule has 0 radical (unpaired) electrons. The second kappa shape index (κ2) is 4.98. The van der Waals surface area contributed by atoms with Crippen molar-refractivity contribution in [2.45, 2.75) is 53.5 Å². The topological polar surface area (TPSA) is 37.4 Å². The van der Waals surface area contributed by atoms with Crippen LogP contribution in [0.3, 0.4) is 0 Å². The molecule has 16 heavy (non-hydrogen) atoms. The van der Waals surface area contributed by atoms with Gasteiger partial charge in [0.1, 0.15) is 0 Å². The number of amides is 2. The Morgan fingerprint density at radius 3 is 2.25 bits per heavy atom. The average Bonchev–Trinajstić information content (AvgIpc) is 2.43. The third kappa shape index (κ3) is 2.63. The van der Waals surface area contributed by atoms with Crippen molar-refractivity contribution in [2.75, 3.05) is 0 Å². The molecule has 1 aliphatic rings. The molecule has 2 amide bonds. The van der Waals surface area contributed by atoms with Gasteiger partial charge >= 0.3 is 0 Å². The molecule has 2 atom stereocenters. The van der Waals surface area contributed by atoms with E-state index in [0.29, 0.717) is 11.8 Å². The van der Waals surface area contributed by atoms with Crippen LogP contribution in [-0.2, 0) is 9.59 Å². The van der Waals surface area contributed by atoms with Crippen LogP contribution in [0.4, 0.5) is 0 Å². The molecule has 0 aromatic heterocycles. The summed E-state index contributed by atoms with van der Waals surface area (Å²) in [5.41, 5.74) is 0. The fourth-order valence-electron chi connectivity index (χ4n) is 2.58. The quantitative estimate of drug-likeness (QED) is 0.740. The molecular weight excluding hydrogens is 202 g/mol. The van der Waals surface area contributed by atoms with E-state index in [2.05, 4.69) is 27.7 Å². The first-order chi connectivity index (χ1) is 7.34. The SMILES string of the molecule is CC(=O)N1C(=O)[C@@H](CC(C)C)C[C@H]1C(C)C. The Kier molecular flexibility index (Phi) is 4.11. The van der Waals surface area contributed by atoms with Crippen LogP contribution in [0, 0.1) is 17.8 Å². The number of imide groups is 1. The maximum absolute atomic E-state index is 12.1. The lowest BCUT2D eigenvalue weighted by atomic mass is 9.91. The van der Waals surface area contributed by atoms with Crippen molar-refractivity contribution in [3.8, 4) is 0 Å². The normalized spacial score (nSPS) is 25.9. The van der Waals surface area contributed by atoms with Gasteiger partial charge in [-0.15, -0.1) is 0 Å². The first-order valence-electron chi connectivity index (χ1n) is 6.18. The highest BCUT2D eigenvalue weighted by atomic mass is 16.2. The number of hydrogen-bond acceptors (Lipinski definition) is 2. The van der Waals surface area contributed by atoms with Crippen molar-refractivity contribution in [3.63, 3.8) is 0 Å². The van der Waals surface area contributed by atoms with Crippen LogP contribution in [0.15, 0.2) is 0 Å². The number of carbonyl (C=O) groups is 2. The van der Waals surface area contributed by atoms with Crippen LogP contribution in [0.2, 0.25) is 0 Å². The standard InChI is InChI=1S/C13H23NO2/c1-8(2)6-11-7-12(9(3)4)14(10(5)15)13(11)16/h8-9,11-12H,6-7H2,1-5H3/t11-,12-/m0/s1. The predicted molar refractivity (Wildman–Crippen MR) is 63.7 cm³/mol. The van der Waals surface area contributed by atoms with E-state index in [9.17, 15) is 9.59 Å². The third-order valence-corrected chi connectivity index (χ3v) is 3.31. The summed E-state index contributed by atoms with van der Waals surface area (Å²) in [4.78, 5) is 25.1. The van der Waals surface area contributed by atoms with Crippen molar-refractivity contribution in [1.82, 2.24) is 4.90 Å². The van der Waals surface area contributed by atoms with E-state index in [1.54, 1.807) is 0 Å². The van der Waals surface area contributed by atoms with Crippen LogP contribution in [-0.4, -0.2) is 22.8 Å². The van der Waals surface area contributed by atoms with E-state index in [0.717, 1.165) is 12.8 Å². The molecule has 1 heterocycles. The number of nitrogens with zero attached hydrogens (tertiary/aromatic N) is 1. The van der Waals surface area contributed by atoms with Gasteiger partial charge in [-0.05, 0) is 24.7 Å². The van der Waals surface area contributed by atoms with Gasteiger partial charge in [0.25, 0.3) is 0 Å². The molecule has 0 unspecified atom stereocenters. The van der Waals surface area contributed by atoms with Gasteiger partial charge in [-0.25, -0.2) is 0 Å². The van der Waals surface area contributed by atoms with Crippen molar-refractivity contribution in [2.24, 2.45) is 17.8 Å². The van der Waals surface area contributed by atoms with E-state index >= 15 is 0 Å². The van der Waals surface area contributed by atoms with E-state index in [-0.39, 0.29) is 23.8 Å². The molecule has 0 spiro atoms. The second-order valence-electron chi connectivity index (χ2n) is 5.60. The summed E-state index contributed by atoms with van der Waals surface area (Å²) < 4.78 is 0. The van der Waals surface area contributed by atoms with E-state index in [4.69, 9.17) is 0 Å². The molecule has 1 aliphatic heterocycles. The van der Waals surface area contributed by atoms with Gasteiger partial charge in [-0.3, -0.25) is 14.5 Å². The Balaban J connectivity index is 2.83.